The van der Waals surface area contributed by atoms with E-state index in [1.54, 1.807) is 24.0 Å². The standard InChI is InChI=1S/C22H23N5O3S/c23-8-17-12-31-13-26(17)21(28)9-25-22(29)18-5-6-24-20-4-3-14(7-19(18)20)27-15-1-2-16(27)11-30-10-15/h3-7,15-17H,1-2,9-13H2,(H,25,29). The molecule has 2 bridgehead atoms. The van der Waals surface area contributed by atoms with E-state index in [0.717, 1.165) is 42.6 Å². The van der Waals surface area contributed by atoms with E-state index in [-0.39, 0.29) is 18.4 Å². The third kappa shape index (κ3) is 3.70. The minimum absolute atomic E-state index is 0.130. The maximum Gasteiger partial charge on any atom is 0.252 e. The third-order valence-corrected chi connectivity index (χ3v) is 7.27. The van der Waals surface area contributed by atoms with Gasteiger partial charge in [0.25, 0.3) is 5.91 Å². The summed E-state index contributed by atoms with van der Waals surface area (Å²) in [5, 5.41) is 12.7. The summed E-state index contributed by atoms with van der Waals surface area (Å²) >= 11 is 1.54. The van der Waals surface area contributed by atoms with Crippen molar-refractivity contribution in [1.82, 2.24) is 15.2 Å². The molecule has 9 heteroatoms. The molecular formula is C22H23N5O3S. The van der Waals surface area contributed by atoms with Crippen LogP contribution in [0.15, 0.2) is 30.5 Å². The van der Waals surface area contributed by atoms with Crippen LogP contribution in [0.25, 0.3) is 10.9 Å². The lowest BCUT2D eigenvalue weighted by atomic mass is 10.1. The van der Waals surface area contributed by atoms with Crippen LogP contribution >= 0.6 is 11.8 Å². The van der Waals surface area contributed by atoms with Gasteiger partial charge in [-0.1, -0.05) is 0 Å². The smallest absolute Gasteiger partial charge is 0.252 e. The molecule has 31 heavy (non-hydrogen) atoms. The highest BCUT2D eigenvalue weighted by molar-refractivity contribution is 7.99. The SMILES string of the molecule is N#CC1CSCN1C(=O)CNC(=O)c1ccnc2ccc(N3C4CCC3COC4)cc12. The molecule has 8 nitrogen and oxygen atoms in total. The molecule has 1 N–H and O–H groups in total. The number of hydrogen-bond donors (Lipinski definition) is 1. The van der Waals surface area contributed by atoms with E-state index in [2.05, 4.69) is 27.3 Å². The second-order valence-corrected chi connectivity index (χ2v) is 9.08. The Bertz CT molecular complexity index is 1050. The van der Waals surface area contributed by atoms with Crippen LogP contribution in [0.2, 0.25) is 0 Å². The Morgan fingerprint density at radius 3 is 2.84 bits per heavy atom. The highest BCUT2D eigenvalue weighted by Gasteiger charge is 2.37. The van der Waals surface area contributed by atoms with Gasteiger partial charge in [0.15, 0.2) is 0 Å². The zero-order valence-electron chi connectivity index (χ0n) is 17.0. The van der Waals surface area contributed by atoms with Gasteiger partial charge in [-0.2, -0.15) is 5.26 Å². The quantitative estimate of drug-likeness (QED) is 0.778. The number of hydrogen-bond acceptors (Lipinski definition) is 7. The number of pyridine rings is 1. The average Bonchev–Trinajstić information content (AvgIpc) is 3.38. The Balaban J connectivity index is 1.36. The second kappa shape index (κ2) is 8.36. The summed E-state index contributed by atoms with van der Waals surface area (Å²) in [6.07, 6.45) is 3.84. The molecule has 2 aromatic rings. The summed E-state index contributed by atoms with van der Waals surface area (Å²) in [5.41, 5.74) is 2.31. The number of thioether (sulfide) groups is 1. The number of morpholine rings is 1. The molecule has 160 valence electrons. The molecule has 0 aliphatic carbocycles. The van der Waals surface area contributed by atoms with E-state index >= 15 is 0 Å². The zero-order chi connectivity index (χ0) is 21.4. The lowest BCUT2D eigenvalue weighted by Gasteiger charge is -2.36. The number of aromatic nitrogens is 1. The van der Waals surface area contributed by atoms with Crippen molar-refractivity contribution in [3.8, 4) is 6.07 Å². The fraction of sp³-hybridized carbons (Fsp3) is 0.455. The summed E-state index contributed by atoms with van der Waals surface area (Å²) in [4.78, 5) is 33.7. The molecular weight excluding hydrogens is 414 g/mol. The largest absolute Gasteiger partial charge is 0.377 e. The van der Waals surface area contributed by atoms with Gasteiger partial charge in [-0.25, -0.2) is 0 Å². The fourth-order valence-electron chi connectivity index (χ4n) is 4.69. The normalized spacial score (nSPS) is 24.9. The highest BCUT2D eigenvalue weighted by Crippen LogP contribution is 2.35. The maximum absolute atomic E-state index is 12.9. The maximum atomic E-state index is 12.9. The highest BCUT2D eigenvalue weighted by atomic mass is 32.2. The molecule has 3 aliphatic heterocycles. The van der Waals surface area contributed by atoms with E-state index in [1.807, 2.05) is 12.1 Å². The molecule has 5 rings (SSSR count). The van der Waals surface area contributed by atoms with Crippen LogP contribution < -0.4 is 10.2 Å². The summed E-state index contributed by atoms with van der Waals surface area (Å²) in [6.45, 7) is 1.33. The lowest BCUT2D eigenvalue weighted by Crippen LogP contribution is -2.45. The number of ether oxygens (including phenoxy) is 1. The average molecular weight is 438 g/mol. The fourth-order valence-corrected chi connectivity index (χ4v) is 5.79. The monoisotopic (exact) mass is 437 g/mol. The first kappa shape index (κ1) is 20.1. The number of carbonyl (C=O) groups excluding carboxylic acids is 2. The van der Waals surface area contributed by atoms with Gasteiger partial charge in [-0.05, 0) is 37.1 Å². The number of nitrogens with one attached hydrogen (secondary N) is 1. The molecule has 2 amide bonds. The first-order valence-corrected chi connectivity index (χ1v) is 11.6. The second-order valence-electron chi connectivity index (χ2n) is 8.08. The predicted molar refractivity (Wildman–Crippen MR) is 118 cm³/mol. The predicted octanol–water partition coefficient (Wildman–Crippen LogP) is 1.76. The summed E-state index contributed by atoms with van der Waals surface area (Å²) < 4.78 is 5.69. The molecule has 3 atom stereocenters. The number of nitrogens with zero attached hydrogens (tertiary/aromatic N) is 4. The van der Waals surface area contributed by atoms with Crippen molar-refractivity contribution >= 4 is 40.2 Å². The Kier molecular flexibility index (Phi) is 5.42. The van der Waals surface area contributed by atoms with Gasteiger partial charge in [-0.15, -0.1) is 11.8 Å². The molecule has 0 saturated carbocycles. The van der Waals surface area contributed by atoms with Crippen LogP contribution in [0.4, 0.5) is 5.69 Å². The van der Waals surface area contributed by atoms with E-state index < -0.39 is 6.04 Å². The summed E-state index contributed by atoms with van der Waals surface area (Å²) in [6, 6.07) is 10.2. The molecule has 0 spiro atoms. The minimum atomic E-state index is -0.428. The van der Waals surface area contributed by atoms with Crippen molar-refractivity contribution < 1.29 is 14.3 Å². The van der Waals surface area contributed by atoms with Gasteiger partial charge in [0.1, 0.15) is 6.04 Å². The van der Waals surface area contributed by atoms with Gasteiger partial charge in [-0.3, -0.25) is 14.6 Å². The van der Waals surface area contributed by atoms with Gasteiger partial charge in [0.2, 0.25) is 5.91 Å². The van der Waals surface area contributed by atoms with Gasteiger partial charge < -0.3 is 19.9 Å². The van der Waals surface area contributed by atoms with Crippen molar-refractivity contribution in [3.05, 3.63) is 36.0 Å². The zero-order valence-corrected chi connectivity index (χ0v) is 17.8. The molecule has 1 aromatic carbocycles. The molecule has 4 heterocycles. The van der Waals surface area contributed by atoms with Crippen LogP contribution in [0.3, 0.4) is 0 Å². The Morgan fingerprint density at radius 1 is 1.26 bits per heavy atom. The van der Waals surface area contributed by atoms with Crippen LogP contribution in [-0.4, -0.2) is 71.2 Å². The van der Waals surface area contributed by atoms with Crippen molar-refractivity contribution in [2.24, 2.45) is 0 Å². The van der Waals surface area contributed by atoms with E-state index in [1.165, 1.54) is 4.90 Å². The number of nitriles is 1. The first-order valence-electron chi connectivity index (χ1n) is 10.5. The molecule has 0 radical (unpaired) electrons. The Hall–Kier alpha value is -2.83. The summed E-state index contributed by atoms with van der Waals surface area (Å²) in [5.74, 6) is 0.533. The van der Waals surface area contributed by atoms with E-state index in [4.69, 9.17) is 4.74 Å². The Morgan fingerprint density at radius 2 is 2.06 bits per heavy atom. The van der Waals surface area contributed by atoms with Crippen molar-refractivity contribution in [3.63, 3.8) is 0 Å². The topological polar surface area (TPSA) is 98.6 Å². The van der Waals surface area contributed by atoms with Crippen molar-refractivity contribution in [1.29, 1.82) is 5.26 Å². The number of benzene rings is 1. The number of fused-ring (bicyclic) bond motifs is 3. The van der Waals surface area contributed by atoms with Crippen molar-refractivity contribution in [2.45, 2.75) is 31.0 Å². The van der Waals surface area contributed by atoms with Crippen LogP contribution in [0.5, 0.6) is 0 Å². The minimum Gasteiger partial charge on any atom is -0.377 e. The van der Waals surface area contributed by atoms with Crippen LogP contribution in [-0.2, 0) is 9.53 Å². The van der Waals surface area contributed by atoms with Crippen molar-refractivity contribution in [2.75, 3.05) is 36.3 Å². The molecule has 3 aliphatic rings. The number of amides is 2. The van der Waals surface area contributed by atoms with Gasteiger partial charge in [0, 0.05) is 23.0 Å². The lowest BCUT2D eigenvalue weighted by molar-refractivity contribution is -0.129. The molecule has 3 unspecified atom stereocenters. The molecule has 3 saturated heterocycles. The van der Waals surface area contributed by atoms with Gasteiger partial charge >= 0.3 is 0 Å². The number of carbonyl (C=O) groups is 2. The molecule has 3 fully saturated rings. The Labute approximate surface area is 184 Å². The van der Waals surface area contributed by atoms with E-state index in [0.29, 0.717) is 29.3 Å². The van der Waals surface area contributed by atoms with Crippen LogP contribution in [0.1, 0.15) is 23.2 Å². The van der Waals surface area contributed by atoms with Crippen LogP contribution in [0, 0.1) is 11.3 Å². The first-order chi connectivity index (χ1) is 15.2. The number of anilines is 1. The summed E-state index contributed by atoms with van der Waals surface area (Å²) in [7, 11) is 0. The van der Waals surface area contributed by atoms with Gasteiger partial charge in [0.05, 0.1) is 54.9 Å². The third-order valence-electron chi connectivity index (χ3n) is 6.26. The molecule has 1 aromatic heterocycles. The number of rotatable bonds is 4. The van der Waals surface area contributed by atoms with E-state index in [9.17, 15) is 14.9 Å².